The molecule has 0 atom stereocenters. The maximum Gasteiger partial charge on any atom is 0.255 e. The number of aromatic nitrogens is 1. The largest absolute Gasteiger partial charge is 0.444 e. The van der Waals surface area contributed by atoms with E-state index in [1.165, 1.54) is 13.3 Å². The molecule has 0 aliphatic carbocycles. The predicted octanol–water partition coefficient (Wildman–Crippen LogP) is 3.80. The Balaban J connectivity index is 1.80. The van der Waals surface area contributed by atoms with Crippen molar-refractivity contribution in [3.05, 3.63) is 72.2 Å². The molecule has 3 rings (SSSR count). The van der Waals surface area contributed by atoms with Crippen molar-refractivity contribution < 1.29 is 14.0 Å². The fourth-order valence-electron chi connectivity index (χ4n) is 2.24. The molecule has 0 bridgehead atoms. The number of para-hydroxylation sites is 1. The van der Waals surface area contributed by atoms with Crippen molar-refractivity contribution in [2.45, 2.75) is 6.92 Å². The molecule has 0 spiro atoms. The molecule has 0 saturated carbocycles. The van der Waals surface area contributed by atoms with Crippen LogP contribution in [0.4, 0.5) is 5.69 Å². The van der Waals surface area contributed by atoms with Gasteiger partial charge in [0.1, 0.15) is 0 Å². The minimum Gasteiger partial charge on any atom is -0.444 e. The summed E-state index contributed by atoms with van der Waals surface area (Å²) in [5.74, 6) is 0.267. The lowest BCUT2D eigenvalue weighted by molar-refractivity contribution is 0.101. The Hall–Kier alpha value is -3.21. The number of rotatable bonds is 4. The number of hydrogen-bond donors (Lipinski definition) is 1. The number of Topliss-reactive ketones (excluding diaryl/α,β-unsaturated/α-hetero) is 1. The van der Waals surface area contributed by atoms with Crippen molar-refractivity contribution in [1.29, 1.82) is 0 Å². The predicted molar refractivity (Wildman–Crippen MR) is 86.3 cm³/mol. The summed E-state index contributed by atoms with van der Waals surface area (Å²) >= 11 is 0. The van der Waals surface area contributed by atoms with Gasteiger partial charge in [0.2, 0.25) is 0 Å². The number of oxazole rings is 1. The highest BCUT2D eigenvalue weighted by atomic mass is 16.3. The van der Waals surface area contributed by atoms with E-state index in [0.717, 1.165) is 5.56 Å². The lowest BCUT2D eigenvalue weighted by Crippen LogP contribution is -2.14. The van der Waals surface area contributed by atoms with Crippen molar-refractivity contribution in [3.63, 3.8) is 0 Å². The summed E-state index contributed by atoms with van der Waals surface area (Å²) in [6, 6.07) is 13.9. The zero-order valence-corrected chi connectivity index (χ0v) is 12.4. The molecule has 5 heteroatoms. The Labute approximate surface area is 133 Å². The van der Waals surface area contributed by atoms with Crippen LogP contribution in [-0.4, -0.2) is 16.7 Å². The van der Waals surface area contributed by atoms with E-state index in [4.69, 9.17) is 4.42 Å². The van der Waals surface area contributed by atoms with Gasteiger partial charge in [-0.1, -0.05) is 24.3 Å². The van der Waals surface area contributed by atoms with Gasteiger partial charge in [0, 0.05) is 16.7 Å². The van der Waals surface area contributed by atoms with Crippen LogP contribution >= 0.6 is 0 Å². The third-order valence-corrected chi connectivity index (χ3v) is 3.42. The van der Waals surface area contributed by atoms with Gasteiger partial charge in [0.15, 0.2) is 17.9 Å². The van der Waals surface area contributed by atoms with Gasteiger partial charge < -0.3 is 9.73 Å². The molecule has 0 unspecified atom stereocenters. The minimum atomic E-state index is -0.275. The molecule has 1 amide bonds. The molecule has 2 aromatic carbocycles. The van der Waals surface area contributed by atoms with Crippen LogP contribution in [0, 0.1) is 0 Å². The van der Waals surface area contributed by atoms with Crippen LogP contribution in [0.15, 0.2) is 65.5 Å². The SMILES string of the molecule is CC(=O)c1ccccc1NC(=O)c1ccc(-c2cnco2)cc1. The average molecular weight is 306 g/mol. The summed E-state index contributed by atoms with van der Waals surface area (Å²) in [6.07, 6.45) is 2.97. The fourth-order valence-corrected chi connectivity index (χ4v) is 2.24. The van der Waals surface area contributed by atoms with Gasteiger partial charge in [-0.25, -0.2) is 4.98 Å². The van der Waals surface area contributed by atoms with E-state index in [1.807, 2.05) is 0 Å². The number of benzene rings is 2. The lowest BCUT2D eigenvalue weighted by Gasteiger charge is -2.09. The highest BCUT2D eigenvalue weighted by molar-refractivity contribution is 6.09. The number of carbonyl (C=O) groups excluding carboxylic acids is 2. The van der Waals surface area contributed by atoms with E-state index in [9.17, 15) is 9.59 Å². The molecule has 23 heavy (non-hydrogen) atoms. The molecule has 0 saturated heterocycles. The first-order valence-corrected chi connectivity index (χ1v) is 7.05. The van der Waals surface area contributed by atoms with Gasteiger partial charge in [0.25, 0.3) is 5.91 Å². The van der Waals surface area contributed by atoms with Crippen molar-refractivity contribution in [3.8, 4) is 11.3 Å². The van der Waals surface area contributed by atoms with Crippen LogP contribution in [0.25, 0.3) is 11.3 Å². The van der Waals surface area contributed by atoms with E-state index >= 15 is 0 Å². The molecule has 1 N–H and O–H groups in total. The van der Waals surface area contributed by atoms with Crippen molar-refractivity contribution in [2.24, 2.45) is 0 Å². The van der Waals surface area contributed by atoms with E-state index in [1.54, 1.807) is 54.7 Å². The van der Waals surface area contributed by atoms with Crippen LogP contribution in [0.3, 0.4) is 0 Å². The lowest BCUT2D eigenvalue weighted by atomic mass is 10.1. The van der Waals surface area contributed by atoms with E-state index in [-0.39, 0.29) is 11.7 Å². The second kappa shape index (κ2) is 6.27. The zero-order valence-electron chi connectivity index (χ0n) is 12.4. The van der Waals surface area contributed by atoms with Crippen LogP contribution in [0.1, 0.15) is 27.6 Å². The number of hydrogen-bond acceptors (Lipinski definition) is 4. The molecule has 114 valence electrons. The minimum absolute atomic E-state index is 0.0958. The average Bonchev–Trinajstić information content (AvgIpc) is 3.10. The molecule has 0 aliphatic heterocycles. The third-order valence-electron chi connectivity index (χ3n) is 3.42. The van der Waals surface area contributed by atoms with E-state index in [0.29, 0.717) is 22.6 Å². The van der Waals surface area contributed by atoms with Gasteiger partial charge in [-0.2, -0.15) is 0 Å². The Morgan fingerprint density at radius 1 is 1.04 bits per heavy atom. The van der Waals surface area contributed by atoms with Crippen LogP contribution in [0.5, 0.6) is 0 Å². The van der Waals surface area contributed by atoms with Gasteiger partial charge in [-0.3, -0.25) is 9.59 Å². The molecule has 3 aromatic rings. The number of ketones is 1. The highest BCUT2D eigenvalue weighted by Crippen LogP contribution is 2.20. The number of nitrogens with zero attached hydrogens (tertiary/aromatic N) is 1. The number of amides is 1. The Bertz CT molecular complexity index is 837. The maximum atomic E-state index is 12.3. The Morgan fingerprint density at radius 3 is 2.43 bits per heavy atom. The van der Waals surface area contributed by atoms with Gasteiger partial charge >= 0.3 is 0 Å². The summed E-state index contributed by atoms with van der Waals surface area (Å²) in [6.45, 7) is 1.47. The maximum absolute atomic E-state index is 12.3. The first-order valence-electron chi connectivity index (χ1n) is 7.05. The van der Waals surface area contributed by atoms with Crippen LogP contribution < -0.4 is 5.32 Å². The molecule has 1 heterocycles. The van der Waals surface area contributed by atoms with Crippen molar-refractivity contribution in [1.82, 2.24) is 4.98 Å². The normalized spacial score (nSPS) is 10.3. The van der Waals surface area contributed by atoms with Crippen molar-refractivity contribution in [2.75, 3.05) is 5.32 Å². The summed E-state index contributed by atoms with van der Waals surface area (Å²) in [5.41, 5.74) is 2.32. The zero-order chi connectivity index (χ0) is 16.2. The highest BCUT2D eigenvalue weighted by Gasteiger charge is 2.11. The number of nitrogens with one attached hydrogen (secondary N) is 1. The summed E-state index contributed by atoms with van der Waals surface area (Å²) in [4.78, 5) is 27.8. The van der Waals surface area contributed by atoms with Crippen molar-refractivity contribution >= 4 is 17.4 Å². The number of carbonyl (C=O) groups is 2. The van der Waals surface area contributed by atoms with Gasteiger partial charge in [-0.05, 0) is 31.2 Å². The summed E-state index contributed by atoms with van der Waals surface area (Å²) in [5, 5.41) is 2.77. The first kappa shape index (κ1) is 14.7. The van der Waals surface area contributed by atoms with Crippen LogP contribution in [-0.2, 0) is 0 Å². The Kier molecular flexibility index (Phi) is 4.01. The smallest absolute Gasteiger partial charge is 0.255 e. The van der Waals surface area contributed by atoms with E-state index < -0.39 is 0 Å². The second-order valence-corrected chi connectivity index (χ2v) is 5.00. The molecule has 0 radical (unpaired) electrons. The quantitative estimate of drug-likeness (QED) is 0.744. The second-order valence-electron chi connectivity index (χ2n) is 5.00. The fraction of sp³-hybridized carbons (Fsp3) is 0.0556. The number of anilines is 1. The third kappa shape index (κ3) is 3.18. The molecule has 5 nitrogen and oxygen atoms in total. The van der Waals surface area contributed by atoms with Crippen LogP contribution in [0.2, 0.25) is 0 Å². The molecule has 0 aliphatic rings. The summed E-state index contributed by atoms with van der Waals surface area (Å²) < 4.78 is 5.21. The molecular formula is C18H14N2O3. The molecule has 1 aromatic heterocycles. The molecular weight excluding hydrogens is 292 g/mol. The topological polar surface area (TPSA) is 72.2 Å². The summed E-state index contributed by atoms with van der Waals surface area (Å²) in [7, 11) is 0. The monoisotopic (exact) mass is 306 g/mol. The molecule has 0 fully saturated rings. The van der Waals surface area contributed by atoms with Gasteiger partial charge in [0.05, 0.1) is 11.9 Å². The Morgan fingerprint density at radius 2 is 1.78 bits per heavy atom. The first-order chi connectivity index (χ1) is 11.1. The standard InChI is InChI=1S/C18H14N2O3/c1-12(21)15-4-2-3-5-16(15)20-18(22)14-8-6-13(7-9-14)17-10-19-11-23-17/h2-11H,1H3,(H,20,22). The van der Waals surface area contributed by atoms with E-state index in [2.05, 4.69) is 10.3 Å². The van der Waals surface area contributed by atoms with Gasteiger partial charge in [-0.15, -0.1) is 0 Å².